The normalized spacial score (nSPS) is 14.0. The smallest absolute Gasteiger partial charge is 0.281 e. The van der Waals surface area contributed by atoms with Gasteiger partial charge in [0.05, 0.1) is 10.9 Å². The molecule has 5 rings (SSSR count). The molecule has 2 aromatic carbocycles. The molecule has 1 fully saturated rings. The highest BCUT2D eigenvalue weighted by molar-refractivity contribution is 5.98. The number of nitrogens with one attached hydrogen (secondary N) is 2. The maximum Gasteiger partial charge on any atom is 0.281 e. The van der Waals surface area contributed by atoms with E-state index in [1.54, 1.807) is 22.7 Å². The van der Waals surface area contributed by atoms with Crippen LogP contribution in [0.3, 0.4) is 0 Å². The van der Waals surface area contributed by atoms with Crippen LogP contribution in [0.4, 0.5) is 0 Å². The zero-order valence-electron chi connectivity index (χ0n) is 13.8. The van der Waals surface area contributed by atoms with Crippen molar-refractivity contribution in [2.24, 2.45) is 0 Å². The number of H-pyrrole nitrogens is 1. The van der Waals surface area contributed by atoms with Crippen molar-refractivity contribution in [3.63, 3.8) is 0 Å². The molecule has 7 nitrogen and oxygen atoms in total. The van der Waals surface area contributed by atoms with E-state index in [2.05, 4.69) is 20.6 Å². The zero-order chi connectivity index (χ0) is 17.7. The van der Waals surface area contributed by atoms with Crippen LogP contribution in [-0.2, 0) is 0 Å². The lowest BCUT2D eigenvalue weighted by atomic mass is 10.1. The first kappa shape index (κ1) is 14.8. The van der Waals surface area contributed by atoms with Gasteiger partial charge in [-0.3, -0.25) is 9.59 Å². The highest BCUT2D eigenvalue weighted by Crippen LogP contribution is 2.23. The number of fused-ring (bicyclic) bond motifs is 3. The molecule has 0 bridgehead atoms. The van der Waals surface area contributed by atoms with Gasteiger partial charge in [-0.05, 0) is 31.0 Å². The van der Waals surface area contributed by atoms with Gasteiger partial charge in [-0.15, -0.1) is 0 Å². The maximum absolute atomic E-state index is 12.5. The van der Waals surface area contributed by atoms with Crippen molar-refractivity contribution in [2.75, 3.05) is 0 Å². The number of benzene rings is 2. The monoisotopic (exact) mass is 345 g/mol. The van der Waals surface area contributed by atoms with E-state index in [1.165, 1.54) is 0 Å². The number of hydrogen-bond donors (Lipinski definition) is 2. The van der Waals surface area contributed by atoms with Crippen molar-refractivity contribution in [2.45, 2.75) is 18.9 Å². The Bertz CT molecular complexity index is 1210. The first-order valence-corrected chi connectivity index (χ1v) is 8.48. The molecule has 4 aromatic rings. The lowest BCUT2D eigenvalue weighted by Crippen LogP contribution is -2.25. The van der Waals surface area contributed by atoms with Gasteiger partial charge < -0.3 is 5.32 Å². The van der Waals surface area contributed by atoms with Crippen molar-refractivity contribution < 1.29 is 4.79 Å². The Morgan fingerprint density at radius 3 is 2.73 bits per heavy atom. The lowest BCUT2D eigenvalue weighted by Gasteiger charge is -2.06. The molecule has 128 valence electrons. The van der Waals surface area contributed by atoms with Gasteiger partial charge in [-0.2, -0.15) is 10.1 Å². The third-order valence-electron chi connectivity index (χ3n) is 4.58. The number of nitrogens with zero attached hydrogens (tertiary/aromatic N) is 3. The molecule has 0 atom stereocenters. The van der Waals surface area contributed by atoms with Crippen molar-refractivity contribution in [3.8, 4) is 11.3 Å². The standard InChI is InChI=1S/C19H15N5O2/c25-18(20-13-7-8-13)12-6-9-14-15(10-12)24-17(21-19(14)26)16(22-23-24)11-4-2-1-3-5-11/h1-6,9-10,13,23H,7-8H2,(H,20,25). The second-order valence-electron chi connectivity index (χ2n) is 6.48. The number of amides is 1. The Hall–Kier alpha value is -3.48. The summed E-state index contributed by atoms with van der Waals surface area (Å²) in [4.78, 5) is 29.0. The van der Waals surface area contributed by atoms with Crippen LogP contribution < -0.4 is 10.9 Å². The van der Waals surface area contributed by atoms with E-state index in [-0.39, 0.29) is 17.5 Å². The van der Waals surface area contributed by atoms with E-state index in [9.17, 15) is 9.59 Å². The molecular formula is C19H15N5O2. The van der Waals surface area contributed by atoms with E-state index < -0.39 is 0 Å². The summed E-state index contributed by atoms with van der Waals surface area (Å²) in [6.07, 6.45) is 2.04. The highest BCUT2D eigenvalue weighted by atomic mass is 16.1. The number of aromatic nitrogens is 4. The summed E-state index contributed by atoms with van der Waals surface area (Å²) in [6, 6.07) is 14.8. The summed E-state index contributed by atoms with van der Waals surface area (Å²) in [6.45, 7) is 0. The minimum Gasteiger partial charge on any atom is -0.349 e. The number of carbonyl (C=O) groups excluding carboxylic acids is 1. The predicted molar refractivity (Wildman–Crippen MR) is 97.0 cm³/mol. The average Bonchev–Trinajstić information content (AvgIpc) is 3.38. The minimum atomic E-state index is -0.340. The summed E-state index contributed by atoms with van der Waals surface area (Å²) in [7, 11) is 0. The highest BCUT2D eigenvalue weighted by Gasteiger charge is 2.24. The van der Waals surface area contributed by atoms with Crippen LogP contribution in [0.25, 0.3) is 27.8 Å². The van der Waals surface area contributed by atoms with E-state index in [0.717, 1.165) is 18.4 Å². The molecular weight excluding hydrogens is 330 g/mol. The quantitative estimate of drug-likeness (QED) is 0.595. The second kappa shape index (κ2) is 5.52. The van der Waals surface area contributed by atoms with E-state index in [0.29, 0.717) is 27.8 Å². The number of hydrogen-bond acceptors (Lipinski definition) is 4. The largest absolute Gasteiger partial charge is 0.349 e. The van der Waals surface area contributed by atoms with Crippen LogP contribution >= 0.6 is 0 Å². The van der Waals surface area contributed by atoms with Crippen LogP contribution in [0.1, 0.15) is 23.2 Å². The molecule has 2 aromatic heterocycles. The van der Waals surface area contributed by atoms with Crippen LogP contribution in [0, 0.1) is 0 Å². The summed E-state index contributed by atoms with van der Waals surface area (Å²) < 4.78 is 1.65. The van der Waals surface area contributed by atoms with Gasteiger partial charge in [0.15, 0.2) is 5.65 Å². The second-order valence-corrected chi connectivity index (χ2v) is 6.48. The summed E-state index contributed by atoms with van der Waals surface area (Å²) >= 11 is 0. The molecule has 0 aliphatic heterocycles. The predicted octanol–water partition coefficient (Wildman–Crippen LogP) is 2.13. The Morgan fingerprint density at radius 1 is 1.15 bits per heavy atom. The molecule has 1 aliphatic carbocycles. The number of aromatic amines is 1. The van der Waals surface area contributed by atoms with Gasteiger partial charge in [-0.25, -0.2) is 9.73 Å². The zero-order valence-corrected chi connectivity index (χ0v) is 13.8. The van der Waals surface area contributed by atoms with Crippen LogP contribution in [0.5, 0.6) is 0 Å². The van der Waals surface area contributed by atoms with Crippen molar-refractivity contribution in [1.29, 1.82) is 0 Å². The van der Waals surface area contributed by atoms with Crippen molar-refractivity contribution in [1.82, 2.24) is 25.1 Å². The van der Waals surface area contributed by atoms with Crippen molar-refractivity contribution in [3.05, 3.63) is 64.4 Å². The van der Waals surface area contributed by atoms with Gasteiger partial charge >= 0.3 is 0 Å². The average molecular weight is 345 g/mol. The molecule has 1 saturated carbocycles. The first-order chi connectivity index (χ1) is 12.7. The molecule has 2 N–H and O–H groups in total. The molecule has 0 unspecified atom stereocenters. The minimum absolute atomic E-state index is 0.129. The molecule has 1 aliphatic rings. The van der Waals surface area contributed by atoms with Crippen LogP contribution in [-0.4, -0.2) is 31.8 Å². The lowest BCUT2D eigenvalue weighted by molar-refractivity contribution is 0.0951. The Labute approximate surface area is 147 Å². The third-order valence-corrected chi connectivity index (χ3v) is 4.58. The molecule has 1 amide bonds. The Kier molecular flexibility index (Phi) is 3.15. The van der Waals surface area contributed by atoms with Crippen LogP contribution in [0.2, 0.25) is 0 Å². The van der Waals surface area contributed by atoms with E-state index in [1.807, 2.05) is 30.3 Å². The number of carbonyl (C=O) groups is 1. The molecule has 0 radical (unpaired) electrons. The van der Waals surface area contributed by atoms with Gasteiger partial charge in [-0.1, -0.05) is 30.3 Å². The molecule has 0 spiro atoms. The summed E-state index contributed by atoms with van der Waals surface area (Å²) in [5.74, 6) is -0.129. The SMILES string of the molecule is O=C(NC1CC1)c1ccc2c(=O)nc3c(-c4ccccc4)n[nH]n3c2c1. The molecule has 0 saturated heterocycles. The first-order valence-electron chi connectivity index (χ1n) is 8.48. The molecule has 26 heavy (non-hydrogen) atoms. The van der Waals surface area contributed by atoms with Crippen molar-refractivity contribution >= 4 is 22.5 Å². The van der Waals surface area contributed by atoms with E-state index in [4.69, 9.17) is 0 Å². The Balaban J connectivity index is 1.72. The summed E-state index contributed by atoms with van der Waals surface area (Å²) in [5, 5.41) is 10.6. The molecule has 2 heterocycles. The number of rotatable bonds is 3. The fourth-order valence-corrected chi connectivity index (χ4v) is 3.06. The van der Waals surface area contributed by atoms with Gasteiger partial charge in [0.1, 0.15) is 5.69 Å². The van der Waals surface area contributed by atoms with Gasteiger partial charge in [0.2, 0.25) is 0 Å². The fraction of sp³-hybridized carbons (Fsp3) is 0.158. The van der Waals surface area contributed by atoms with E-state index >= 15 is 0 Å². The molecule has 7 heteroatoms. The van der Waals surface area contributed by atoms with Gasteiger partial charge in [0, 0.05) is 17.2 Å². The topological polar surface area (TPSA) is 92.2 Å². The van der Waals surface area contributed by atoms with Crippen LogP contribution in [0.15, 0.2) is 53.3 Å². The summed E-state index contributed by atoms with van der Waals surface area (Å²) in [5.41, 5.74) is 2.65. The Morgan fingerprint density at radius 2 is 1.96 bits per heavy atom. The van der Waals surface area contributed by atoms with Gasteiger partial charge in [0.25, 0.3) is 11.5 Å². The third kappa shape index (κ3) is 2.36. The maximum atomic E-state index is 12.5. The fourth-order valence-electron chi connectivity index (χ4n) is 3.06.